The summed E-state index contributed by atoms with van der Waals surface area (Å²) < 4.78 is 62.7. The second kappa shape index (κ2) is 11.5. The molecule has 216 valence electrons. The topological polar surface area (TPSA) is 114 Å². The molecule has 11 nitrogen and oxygen atoms in total. The molecule has 3 aromatic carbocycles. The van der Waals surface area contributed by atoms with Gasteiger partial charge in [0.2, 0.25) is 5.75 Å². The SMILES string of the molecule is CN(C)C(=O)c1ccc(Oc2cc(COc3c(F)cc(COP(=O)(N4CC4)N4CC4)cc3F)ccc2[N+](=O)[O-])cc1. The van der Waals surface area contributed by atoms with Gasteiger partial charge >= 0.3 is 13.4 Å². The quantitative estimate of drug-likeness (QED) is 0.122. The summed E-state index contributed by atoms with van der Waals surface area (Å²) in [5.74, 6) is -2.65. The maximum absolute atomic E-state index is 14.8. The molecule has 0 radical (unpaired) electrons. The molecular weight excluding hydrogens is 561 g/mol. The molecule has 0 unspecified atom stereocenters. The summed E-state index contributed by atoms with van der Waals surface area (Å²) in [4.78, 5) is 24.4. The summed E-state index contributed by atoms with van der Waals surface area (Å²) >= 11 is 0. The molecule has 1 amide bonds. The molecule has 0 N–H and O–H groups in total. The Hall–Kier alpha value is -3.90. The van der Waals surface area contributed by atoms with Gasteiger partial charge in [0.1, 0.15) is 12.4 Å². The van der Waals surface area contributed by atoms with Crippen molar-refractivity contribution in [3.05, 3.63) is 93.0 Å². The predicted molar refractivity (Wildman–Crippen MR) is 144 cm³/mol. The first-order valence-electron chi connectivity index (χ1n) is 12.7. The highest BCUT2D eigenvalue weighted by Crippen LogP contribution is 2.61. The molecule has 14 heteroatoms. The Morgan fingerprint density at radius 1 is 0.951 bits per heavy atom. The second-order valence-corrected chi connectivity index (χ2v) is 12.1. The number of hydrogen-bond acceptors (Lipinski definition) is 7. The van der Waals surface area contributed by atoms with E-state index in [0.717, 1.165) is 12.1 Å². The fourth-order valence-electron chi connectivity index (χ4n) is 4.02. The molecule has 2 fully saturated rings. The number of benzene rings is 3. The lowest BCUT2D eigenvalue weighted by molar-refractivity contribution is -0.385. The van der Waals surface area contributed by atoms with Crippen LogP contribution in [0.1, 0.15) is 21.5 Å². The van der Waals surface area contributed by atoms with Gasteiger partial charge in [-0.3, -0.25) is 19.5 Å². The lowest BCUT2D eigenvalue weighted by Gasteiger charge is -2.20. The van der Waals surface area contributed by atoms with E-state index in [1.54, 1.807) is 23.4 Å². The number of nitro groups is 1. The summed E-state index contributed by atoms with van der Waals surface area (Å²) in [6.45, 7) is 2.08. The first-order chi connectivity index (χ1) is 19.5. The van der Waals surface area contributed by atoms with Crippen LogP contribution in [0.5, 0.6) is 17.2 Å². The number of carbonyl (C=O) groups excluding carboxylic acids is 1. The van der Waals surface area contributed by atoms with Gasteiger partial charge in [0.25, 0.3) is 5.91 Å². The van der Waals surface area contributed by atoms with Crippen LogP contribution in [-0.4, -0.2) is 65.3 Å². The van der Waals surface area contributed by atoms with Crippen molar-refractivity contribution in [2.24, 2.45) is 0 Å². The molecule has 2 saturated heterocycles. The Morgan fingerprint density at radius 3 is 2.10 bits per heavy atom. The van der Waals surface area contributed by atoms with Crippen molar-refractivity contribution in [2.45, 2.75) is 13.2 Å². The van der Waals surface area contributed by atoms with E-state index >= 15 is 0 Å². The van der Waals surface area contributed by atoms with Crippen molar-refractivity contribution in [1.29, 1.82) is 0 Å². The van der Waals surface area contributed by atoms with Gasteiger partial charge in [-0.05, 0) is 59.7 Å². The van der Waals surface area contributed by atoms with Crippen LogP contribution in [0.15, 0.2) is 54.6 Å². The van der Waals surface area contributed by atoms with Crippen molar-refractivity contribution in [2.75, 3.05) is 40.3 Å². The minimum absolute atomic E-state index is 0.113. The Morgan fingerprint density at radius 2 is 1.56 bits per heavy atom. The highest BCUT2D eigenvalue weighted by atomic mass is 31.2. The molecule has 5 rings (SSSR count). The zero-order valence-corrected chi connectivity index (χ0v) is 23.2. The lowest BCUT2D eigenvalue weighted by Crippen LogP contribution is -2.21. The summed E-state index contributed by atoms with van der Waals surface area (Å²) in [6, 6.07) is 12.1. The van der Waals surface area contributed by atoms with Crippen molar-refractivity contribution in [3.8, 4) is 17.2 Å². The van der Waals surface area contributed by atoms with Gasteiger partial charge in [0, 0.05) is 51.9 Å². The van der Waals surface area contributed by atoms with E-state index in [1.807, 2.05) is 0 Å². The zero-order valence-electron chi connectivity index (χ0n) is 22.3. The molecule has 0 aromatic heterocycles. The standard InChI is InChI=1S/C27H27F2N4O7P/c1-30(2)27(34)20-4-6-21(7-5-20)40-25-15-18(3-8-24(25)33(35)36)16-38-26-22(28)13-19(14-23(26)29)17-39-41(37,31-9-10-31)32-11-12-32/h3-8,13-15H,9-12,16-17H2,1-2H3. The van der Waals surface area contributed by atoms with Crippen LogP contribution in [0.3, 0.4) is 0 Å². The molecule has 2 aliphatic heterocycles. The van der Waals surface area contributed by atoms with Crippen LogP contribution in [0.2, 0.25) is 0 Å². The lowest BCUT2D eigenvalue weighted by atomic mass is 10.2. The van der Waals surface area contributed by atoms with Crippen LogP contribution in [-0.2, 0) is 22.3 Å². The number of ether oxygens (including phenoxy) is 2. The molecular formula is C27H27F2N4O7P. The average molecular weight is 589 g/mol. The Kier molecular flexibility index (Phi) is 8.05. The predicted octanol–water partition coefficient (Wildman–Crippen LogP) is 5.20. The number of nitrogens with zero attached hydrogens (tertiary/aromatic N) is 4. The van der Waals surface area contributed by atoms with Crippen LogP contribution in [0.25, 0.3) is 0 Å². The average Bonchev–Trinajstić information content (AvgIpc) is 3.84. The van der Waals surface area contributed by atoms with E-state index in [4.69, 9.17) is 14.0 Å². The normalized spacial score (nSPS) is 14.9. The fourth-order valence-corrected chi connectivity index (χ4v) is 6.21. The number of nitro benzene ring substituents is 1. The summed E-state index contributed by atoms with van der Waals surface area (Å²) in [5.41, 5.74) is 0.608. The van der Waals surface area contributed by atoms with Gasteiger partial charge in [-0.1, -0.05) is 0 Å². The van der Waals surface area contributed by atoms with Gasteiger partial charge in [0.05, 0.1) is 11.5 Å². The Bertz CT molecular complexity index is 1490. The van der Waals surface area contributed by atoms with Crippen molar-refractivity contribution in [1.82, 2.24) is 14.2 Å². The zero-order chi connectivity index (χ0) is 29.3. The smallest absolute Gasteiger partial charge is 0.346 e. The Labute approximate surface area is 234 Å². The third-order valence-electron chi connectivity index (χ3n) is 6.36. The van der Waals surface area contributed by atoms with Crippen molar-refractivity contribution >= 4 is 19.3 Å². The van der Waals surface area contributed by atoms with Gasteiger partial charge in [-0.25, -0.2) is 18.1 Å². The molecule has 0 saturated carbocycles. The molecule has 0 spiro atoms. The number of rotatable bonds is 12. The largest absolute Gasteiger partial charge is 0.483 e. The van der Waals surface area contributed by atoms with Crippen molar-refractivity contribution in [3.63, 3.8) is 0 Å². The number of amides is 1. The minimum Gasteiger partial charge on any atom is -0.483 e. The second-order valence-electron chi connectivity index (χ2n) is 9.73. The number of halogens is 2. The first-order valence-corrected chi connectivity index (χ1v) is 14.2. The molecule has 3 aromatic rings. The molecule has 2 aliphatic rings. The first kappa shape index (κ1) is 28.6. The number of carbonyl (C=O) groups is 1. The monoisotopic (exact) mass is 588 g/mol. The third kappa shape index (κ3) is 6.54. The molecule has 41 heavy (non-hydrogen) atoms. The molecule has 2 heterocycles. The van der Waals surface area contributed by atoms with Crippen molar-refractivity contribution < 1.29 is 37.1 Å². The maximum atomic E-state index is 14.8. The van der Waals surface area contributed by atoms with E-state index < -0.39 is 30.0 Å². The van der Waals surface area contributed by atoms with E-state index in [9.17, 15) is 28.3 Å². The van der Waals surface area contributed by atoms with E-state index in [0.29, 0.717) is 37.3 Å². The van der Waals surface area contributed by atoms with E-state index in [-0.39, 0.29) is 41.9 Å². The van der Waals surface area contributed by atoms with Gasteiger partial charge in [0.15, 0.2) is 17.4 Å². The summed E-state index contributed by atoms with van der Waals surface area (Å²) in [7, 11) is 0.0924. The van der Waals surface area contributed by atoms with Crippen LogP contribution in [0.4, 0.5) is 14.5 Å². The summed E-state index contributed by atoms with van der Waals surface area (Å²) in [6.07, 6.45) is 0. The summed E-state index contributed by atoms with van der Waals surface area (Å²) in [5, 5.41) is 11.6. The molecule has 0 atom stereocenters. The fraction of sp³-hybridized carbons (Fsp3) is 0.296. The maximum Gasteiger partial charge on any atom is 0.346 e. The van der Waals surface area contributed by atoms with Gasteiger partial charge < -0.3 is 18.9 Å². The van der Waals surface area contributed by atoms with E-state index in [2.05, 4.69) is 0 Å². The van der Waals surface area contributed by atoms with Gasteiger partial charge in [-0.2, -0.15) is 0 Å². The van der Waals surface area contributed by atoms with Crippen LogP contribution >= 0.6 is 7.67 Å². The minimum atomic E-state index is -3.14. The highest BCUT2D eigenvalue weighted by Gasteiger charge is 2.49. The van der Waals surface area contributed by atoms with Crippen LogP contribution < -0.4 is 9.47 Å². The highest BCUT2D eigenvalue weighted by molar-refractivity contribution is 7.54. The van der Waals surface area contributed by atoms with Crippen LogP contribution in [0, 0.1) is 21.7 Å². The van der Waals surface area contributed by atoms with E-state index in [1.165, 1.54) is 47.4 Å². The van der Waals surface area contributed by atoms with Gasteiger partial charge in [-0.15, -0.1) is 0 Å². The number of hydrogen-bond donors (Lipinski definition) is 0. The third-order valence-corrected chi connectivity index (χ3v) is 9.05. The molecule has 0 bridgehead atoms. The molecule has 0 aliphatic carbocycles. The Balaban J connectivity index is 1.27.